The van der Waals surface area contributed by atoms with Gasteiger partial charge in [0.25, 0.3) is 11.8 Å². The van der Waals surface area contributed by atoms with Crippen LogP contribution >= 0.6 is 11.8 Å². The SMILES string of the molecule is COc1ccccc1C1=C(SCc2ccccc2)C(=O)N(c2cccc(N(C)C)c2)C1=O. The average molecular weight is 445 g/mol. The van der Waals surface area contributed by atoms with Crippen molar-refractivity contribution in [1.29, 1.82) is 0 Å². The number of carbonyl (C=O) groups is 2. The Hall–Kier alpha value is -3.51. The van der Waals surface area contributed by atoms with Crippen LogP contribution in [-0.2, 0) is 15.3 Å². The first-order valence-corrected chi connectivity index (χ1v) is 11.2. The summed E-state index contributed by atoms with van der Waals surface area (Å²) < 4.78 is 5.51. The smallest absolute Gasteiger partial charge is 0.272 e. The van der Waals surface area contributed by atoms with Crippen LogP contribution in [-0.4, -0.2) is 33.0 Å². The van der Waals surface area contributed by atoms with E-state index in [9.17, 15) is 9.59 Å². The average Bonchev–Trinajstić information content (AvgIpc) is 3.07. The lowest BCUT2D eigenvalue weighted by Gasteiger charge is -2.19. The van der Waals surface area contributed by atoms with Crippen molar-refractivity contribution in [1.82, 2.24) is 0 Å². The predicted octanol–water partition coefficient (Wildman–Crippen LogP) is 4.98. The van der Waals surface area contributed by atoms with Crippen LogP contribution in [0.4, 0.5) is 11.4 Å². The third kappa shape index (κ3) is 4.14. The highest BCUT2D eigenvalue weighted by molar-refractivity contribution is 8.03. The molecule has 0 spiro atoms. The highest BCUT2D eigenvalue weighted by Gasteiger charge is 2.41. The van der Waals surface area contributed by atoms with Gasteiger partial charge in [0.05, 0.1) is 23.3 Å². The van der Waals surface area contributed by atoms with Crippen molar-refractivity contribution in [3.63, 3.8) is 0 Å². The van der Waals surface area contributed by atoms with E-state index in [2.05, 4.69) is 0 Å². The fourth-order valence-electron chi connectivity index (χ4n) is 3.61. The number of carbonyl (C=O) groups excluding carboxylic acids is 2. The minimum Gasteiger partial charge on any atom is -0.496 e. The molecule has 0 bridgehead atoms. The first kappa shape index (κ1) is 21.7. The van der Waals surface area contributed by atoms with Crippen LogP contribution in [0.25, 0.3) is 5.57 Å². The first-order valence-electron chi connectivity index (χ1n) is 10.2. The van der Waals surface area contributed by atoms with E-state index in [1.165, 1.54) is 16.7 Å². The molecule has 162 valence electrons. The van der Waals surface area contributed by atoms with Crippen LogP contribution in [0.1, 0.15) is 11.1 Å². The normalized spacial score (nSPS) is 13.7. The van der Waals surface area contributed by atoms with E-state index >= 15 is 0 Å². The molecule has 0 saturated heterocycles. The van der Waals surface area contributed by atoms with E-state index in [4.69, 9.17) is 4.74 Å². The Morgan fingerprint density at radius 1 is 0.875 bits per heavy atom. The Labute approximate surface area is 192 Å². The van der Waals surface area contributed by atoms with Crippen molar-refractivity contribution < 1.29 is 14.3 Å². The van der Waals surface area contributed by atoms with Crippen LogP contribution < -0.4 is 14.5 Å². The third-order valence-corrected chi connectivity index (χ3v) is 6.39. The summed E-state index contributed by atoms with van der Waals surface area (Å²) in [7, 11) is 5.41. The molecule has 3 aromatic carbocycles. The van der Waals surface area contributed by atoms with Gasteiger partial charge in [0, 0.05) is 31.1 Å². The fourth-order valence-corrected chi connectivity index (χ4v) is 4.67. The number of hydrogen-bond acceptors (Lipinski definition) is 5. The summed E-state index contributed by atoms with van der Waals surface area (Å²) >= 11 is 1.38. The molecule has 0 saturated carbocycles. The molecule has 0 atom stereocenters. The predicted molar refractivity (Wildman–Crippen MR) is 131 cm³/mol. The van der Waals surface area contributed by atoms with E-state index in [1.54, 1.807) is 19.2 Å². The van der Waals surface area contributed by atoms with Crippen molar-refractivity contribution in [2.45, 2.75) is 5.75 Å². The Bertz CT molecular complexity index is 1190. The zero-order valence-electron chi connectivity index (χ0n) is 18.2. The Morgan fingerprint density at radius 3 is 2.31 bits per heavy atom. The molecular formula is C26H24N2O3S. The van der Waals surface area contributed by atoms with Crippen LogP contribution in [0, 0.1) is 0 Å². The molecule has 32 heavy (non-hydrogen) atoms. The molecule has 0 fully saturated rings. The maximum Gasteiger partial charge on any atom is 0.272 e. The van der Waals surface area contributed by atoms with Crippen LogP contribution in [0.2, 0.25) is 0 Å². The Morgan fingerprint density at radius 2 is 1.59 bits per heavy atom. The Balaban J connectivity index is 1.78. The molecule has 1 heterocycles. The molecule has 5 nitrogen and oxygen atoms in total. The summed E-state index contributed by atoms with van der Waals surface area (Å²) in [6.45, 7) is 0. The van der Waals surface area contributed by atoms with Crippen LogP contribution in [0.3, 0.4) is 0 Å². The number of thioether (sulfide) groups is 1. The number of rotatable bonds is 7. The Kier molecular flexibility index (Phi) is 6.32. The number of nitrogens with zero attached hydrogens (tertiary/aromatic N) is 2. The van der Waals surface area contributed by atoms with E-state index in [0.717, 1.165) is 11.3 Å². The maximum atomic E-state index is 13.7. The summed E-state index contributed by atoms with van der Waals surface area (Å²) in [5, 5.41) is 0. The van der Waals surface area contributed by atoms with Crippen LogP contribution in [0.15, 0.2) is 83.8 Å². The maximum absolute atomic E-state index is 13.7. The van der Waals surface area contributed by atoms with Gasteiger partial charge in [-0.05, 0) is 29.8 Å². The molecule has 0 aliphatic carbocycles. The van der Waals surface area contributed by atoms with Gasteiger partial charge in [-0.1, -0.05) is 54.6 Å². The molecule has 0 aromatic heterocycles. The summed E-state index contributed by atoms with van der Waals surface area (Å²) in [5.41, 5.74) is 3.54. The third-order valence-electron chi connectivity index (χ3n) is 5.25. The molecule has 0 radical (unpaired) electrons. The second kappa shape index (κ2) is 9.32. The number of anilines is 2. The monoisotopic (exact) mass is 444 g/mol. The number of benzene rings is 3. The molecule has 3 aromatic rings. The van der Waals surface area contributed by atoms with Gasteiger partial charge >= 0.3 is 0 Å². The fraction of sp³-hybridized carbons (Fsp3) is 0.154. The number of ether oxygens (including phenoxy) is 1. The van der Waals surface area contributed by atoms with Crippen molar-refractivity contribution in [2.24, 2.45) is 0 Å². The van der Waals surface area contributed by atoms with Crippen molar-refractivity contribution in [3.8, 4) is 5.75 Å². The molecule has 1 aliphatic heterocycles. The number of para-hydroxylation sites is 1. The molecule has 0 N–H and O–H groups in total. The van der Waals surface area contributed by atoms with E-state index < -0.39 is 0 Å². The van der Waals surface area contributed by atoms with E-state index in [1.807, 2.05) is 85.7 Å². The highest BCUT2D eigenvalue weighted by atomic mass is 32.2. The topological polar surface area (TPSA) is 49.9 Å². The van der Waals surface area contributed by atoms with Crippen molar-refractivity contribution >= 4 is 40.5 Å². The summed E-state index contributed by atoms with van der Waals surface area (Å²) in [6, 6.07) is 24.6. The number of amides is 2. The first-order chi connectivity index (χ1) is 15.5. The summed E-state index contributed by atoms with van der Waals surface area (Å²) in [6.07, 6.45) is 0. The van der Waals surface area contributed by atoms with Crippen LogP contribution in [0.5, 0.6) is 5.75 Å². The lowest BCUT2D eigenvalue weighted by molar-refractivity contribution is -0.119. The molecule has 1 aliphatic rings. The van der Waals surface area contributed by atoms with Crippen molar-refractivity contribution in [3.05, 3.63) is 94.9 Å². The van der Waals surface area contributed by atoms with Crippen molar-refractivity contribution in [2.75, 3.05) is 31.0 Å². The van der Waals surface area contributed by atoms with Gasteiger partial charge in [-0.15, -0.1) is 11.8 Å². The van der Waals surface area contributed by atoms with Gasteiger partial charge in [-0.25, -0.2) is 4.90 Å². The summed E-state index contributed by atoms with van der Waals surface area (Å²) in [4.78, 5) is 30.9. The van der Waals surface area contributed by atoms with Gasteiger partial charge in [-0.2, -0.15) is 0 Å². The molecule has 2 amide bonds. The molecule has 0 unspecified atom stereocenters. The lowest BCUT2D eigenvalue weighted by Crippen LogP contribution is -2.31. The zero-order chi connectivity index (χ0) is 22.7. The second-order valence-corrected chi connectivity index (χ2v) is 8.52. The molecule has 6 heteroatoms. The van der Waals surface area contributed by atoms with Gasteiger partial charge in [0.2, 0.25) is 0 Å². The highest BCUT2D eigenvalue weighted by Crippen LogP contribution is 2.42. The van der Waals surface area contributed by atoms with Gasteiger partial charge in [-0.3, -0.25) is 9.59 Å². The van der Waals surface area contributed by atoms with Gasteiger partial charge < -0.3 is 9.64 Å². The number of imide groups is 1. The van der Waals surface area contributed by atoms with E-state index in [-0.39, 0.29) is 11.8 Å². The lowest BCUT2D eigenvalue weighted by atomic mass is 10.0. The molecule has 4 rings (SSSR count). The number of methoxy groups -OCH3 is 1. The standard InChI is InChI=1S/C26H24N2O3S/c1-27(2)19-12-9-13-20(16-19)28-25(29)23(21-14-7-8-15-22(21)31-3)24(26(28)30)32-17-18-10-5-4-6-11-18/h4-16H,17H2,1-3H3. The summed E-state index contributed by atoms with van der Waals surface area (Å²) in [5.74, 6) is 0.489. The van der Waals surface area contributed by atoms with Gasteiger partial charge in [0.15, 0.2) is 0 Å². The number of hydrogen-bond donors (Lipinski definition) is 0. The van der Waals surface area contributed by atoms with Gasteiger partial charge in [0.1, 0.15) is 5.75 Å². The quantitative estimate of drug-likeness (QED) is 0.481. The molecular weight excluding hydrogens is 420 g/mol. The minimum atomic E-state index is -0.342. The zero-order valence-corrected chi connectivity index (χ0v) is 19.1. The second-order valence-electron chi connectivity index (χ2n) is 7.54. The largest absolute Gasteiger partial charge is 0.496 e. The van der Waals surface area contributed by atoms with E-state index in [0.29, 0.717) is 33.2 Å². The minimum absolute atomic E-state index is 0.312.